The quantitative estimate of drug-likeness (QED) is 0.781. The Kier molecular flexibility index (Phi) is 3.38. The highest BCUT2D eigenvalue weighted by molar-refractivity contribution is 6.30. The molecule has 3 nitrogen and oxygen atoms in total. The van der Waals surface area contributed by atoms with Gasteiger partial charge in [-0.3, -0.25) is 0 Å². The molecule has 0 aliphatic rings. The van der Waals surface area contributed by atoms with Crippen molar-refractivity contribution < 1.29 is 0 Å². The molecule has 0 amide bonds. The van der Waals surface area contributed by atoms with Gasteiger partial charge in [0.25, 0.3) is 0 Å². The van der Waals surface area contributed by atoms with Crippen LogP contribution in [0.1, 0.15) is 37.2 Å². The Balaban J connectivity index is 2.40. The molecular weight excluding hydrogens is 234 g/mol. The van der Waals surface area contributed by atoms with Crippen molar-refractivity contribution in [1.82, 2.24) is 14.6 Å². The molecule has 0 spiro atoms. The van der Waals surface area contributed by atoms with Crippen molar-refractivity contribution in [2.24, 2.45) is 5.92 Å². The van der Waals surface area contributed by atoms with Crippen LogP contribution in [-0.2, 0) is 6.42 Å². The molecule has 0 aliphatic carbocycles. The lowest BCUT2D eigenvalue weighted by molar-refractivity contribution is 0.574. The summed E-state index contributed by atoms with van der Waals surface area (Å²) in [5.41, 5.74) is 3.07. The molecule has 0 unspecified atom stereocenters. The SMILES string of the molecule is Cc1cc2nc(CCC(C)C)nn2c(Cl)c1C. The van der Waals surface area contributed by atoms with Crippen molar-refractivity contribution >= 4 is 17.2 Å². The number of hydrogen-bond acceptors (Lipinski definition) is 2. The zero-order valence-corrected chi connectivity index (χ0v) is 11.5. The van der Waals surface area contributed by atoms with Gasteiger partial charge in [-0.05, 0) is 43.4 Å². The Morgan fingerprint density at radius 2 is 2.06 bits per heavy atom. The number of rotatable bonds is 3. The second kappa shape index (κ2) is 4.65. The number of pyridine rings is 1. The van der Waals surface area contributed by atoms with E-state index in [0.717, 1.165) is 35.4 Å². The molecule has 2 rings (SSSR count). The second-order valence-electron chi connectivity index (χ2n) is 4.97. The van der Waals surface area contributed by atoms with Gasteiger partial charge < -0.3 is 0 Å². The summed E-state index contributed by atoms with van der Waals surface area (Å²) >= 11 is 6.27. The summed E-state index contributed by atoms with van der Waals surface area (Å²) in [6.07, 6.45) is 2.01. The van der Waals surface area contributed by atoms with Crippen LogP contribution in [0.2, 0.25) is 5.15 Å². The van der Waals surface area contributed by atoms with Crippen LogP contribution in [0.25, 0.3) is 5.65 Å². The molecule has 92 valence electrons. The summed E-state index contributed by atoms with van der Waals surface area (Å²) < 4.78 is 1.74. The predicted molar refractivity (Wildman–Crippen MR) is 70.6 cm³/mol. The first-order chi connectivity index (χ1) is 7.99. The first-order valence-electron chi connectivity index (χ1n) is 6.00. The molecule has 0 aromatic carbocycles. The molecule has 0 fully saturated rings. The van der Waals surface area contributed by atoms with Crippen LogP contribution < -0.4 is 0 Å². The molecule has 0 aliphatic heterocycles. The van der Waals surface area contributed by atoms with Gasteiger partial charge in [0, 0.05) is 6.42 Å². The molecule has 17 heavy (non-hydrogen) atoms. The molecule has 0 bridgehead atoms. The number of halogens is 1. The third-order valence-corrected chi connectivity index (χ3v) is 3.50. The average Bonchev–Trinajstić information content (AvgIpc) is 2.66. The standard InChI is InChI=1S/C13H18ClN3/c1-8(2)5-6-11-15-12-7-9(3)10(4)13(14)17(12)16-11/h7-8H,5-6H2,1-4H3. The van der Waals surface area contributed by atoms with Gasteiger partial charge >= 0.3 is 0 Å². The predicted octanol–water partition coefficient (Wildman–Crippen LogP) is 3.59. The summed E-state index contributed by atoms with van der Waals surface area (Å²) in [5.74, 6) is 1.55. The number of aryl methyl sites for hydroxylation is 2. The van der Waals surface area contributed by atoms with Gasteiger partial charge in [-0.15, -0.1) is 5.10 Å². The summed E-state index contributed by atoms with van der Waals surface area (Å²) in [4.78, 5) is 4.51. The van der Waals surface area contributed by atoms with Crippen molar-refractivity contribution in [2.45, 2.75) is 40.5 Å². The maximum atomic E-state index is 6.27. The highest BCUT2D eigenvalue weighted by Gasteiger charge is 2.10. The minimum atomic E-state index is 0.667. The van der Waals surface area contributed by atoms with E-state index in [9.17, 15) is 0 Å². The molecule has 2 aromatic heterocycles. The average molecular weight is 252 g/mol. The van der Waals surface area contributed by atoms with Crippen molar-refractivity contribution in [2.75, 3.05) is 0 Å². The van der Waals surface area contributed by atoms with Crippen LogP contribution in [0, 0.1) is 19.8 Å². The smallest absolute Gasteiger partial charge is 0.157 e. The van der Waals surface area contributed by atoms with Gasteiger partial charge in [0.15, 0.2) is 11.5 Å². The van der Waals surface area contributed by atoms with Crippen LogP contribution in [0.3, 0.4) is 0 Å². The summed E-state index contributed by atoms with van der Waals surface area (Å²) in [6, 6.07) is 2.03. The van der Waals surface area contributed by atoms with E-state index in [4.69, 9.17) is 11.6 Å². The van der Waals surface area contributed by atoms with Gasteiger partial charge in [0.1, 0.15) is 5.15 Å². The van der Waals surface area contributed by atoms with E-state index in [2.05, 4.69) is 23.9 Å². The molecule has 0 N–H and O–H groups in total. The summed E-state index contributed by atoms with van der Waals surface area (Å²) in [7, 11) is 0. The highest BCUT2D eigenvalue weighted by Crippen LogP contribution is 2.21. The Labute approximate surface area is 107 Å². The summed E-state index contributed by atoms with van der Waals surface area (Å²) in [5, 5.41) is 5.13. The van der Waals surface area contributed by atoms with E-state index < -0.39 is 0 Å². The zero-order chi connectivity index (χ0) is 12.6. The van der Waals surface area contributed by atoms with Gasteiger partial charge in [0.2, 0.25) is 0 Å². The Bertz CT molecular complexity index is 543. The number of fused-ring (bicyclic) bond motifs is 1. The van der Waals surface area contributed by atoms with Gasteiger partial charge in [-0.1, -0.05) is 25.4 Å². The molecule has 0 atom stereocenters. The Morgan fingerprint density at radius 1 is 1.35 bits per heavy atom. The fourth-order valence-corrected chi connectivity index (χ4v) is 2.03. The molecule has 2 heterocycles. The molecular formula is C13H18ClN3. The summed E-state index contributed by atoms with van der Waals surface area (Å²) in [6.45, 7) is 8.46. The van der Waals surface area contributed by atoms with Crippen molar-refractivity contribution in [3.05, 3.63) is 28.2 Å². The van der Waals surface area contributed by atoms with Crippen LogP contribution >= 0.6 is 11.6 Å². The van der Waals surface area contributed by atoms with Crippen LogP contribution in [0.15, 0.2) is 6.07 Å². The molecule has 0 radical (unpaired) electrons. The van der Waals surface area contributed by atoms with Crippen LogP contribution in [-0.4, -0.2) is 14.6 Å². The monoisotopic (exact) mass is 251 g/mol. The minimum absolute atomic E-state index is 0.667. The third-order valence-electron chi connectivity index (χ3n) is 3.05. The van der Waals surface area contributed by atoms with Crippen molar-refractivity contribution in [1.29, 1.82) is 0 Å². The highest BCUT2D eigenvalue weighted by atomic mass is 35.5. The van der Waals surface area contributed by atoms with E-state index in [-0.39, 0.29) is 0 Å². The number of nitrogens with zero attached hydrogens (tertiary/aromatic N) is 3. The maximum absolute atomic E-state index is 6.27. The van der Waals surface area contributed by atoms with E-state index in [0.29, 0.717) is 11.1 Å². The normalized spacial score (nSPS) is 11.6. The topological polar surface area (TPSA) is 30.2 Å². The van der Waals surface area contributed by atoms with Gasteiger partial charge in [-0.2, -0.15) is 0 Å². The fraction of sp³-hybridized carbons (Fsp3) is 0.538. The first kappa shape index (κ1) is 12.4. The minimum Gasteiger partial charge on any atom is -0.212 e. The molecule has 2 aromatic rings. The van der Waals surface area contributed by atoms with Gasteiger partial charge in [0.05, 0.1) is 0 Å². The Morgan fingerprint density at radius 3 is 2.71 bits per heavy atom. The lowest BCUT2D eigenvalue weighted by atomic mass is 10.1. The first-order valence-corrected chi connectivity index (χ1v) is 6.38. The molecule has 0 saturated heterocycles. The Hall–Kier alpha value is -1.09. The second-order valence-corrected chi connectivity index (χ2v) is 5.33. The van der Waals surface area contributed by atoms with E-state index in [1.807, 2.05) is 19.9 Å². The zero-order valence-electron chi connectivity index (χ0n) is 10.8. The van der Waals surface area contributed by atoms with Crippen LogP contribution in [0.5, 0.6) is 0 Å². The maximum Gasteiger partial charge on any atom is 0.157 e. The molecule has 0 saturated carbocycles. The van der Waals surface area contributed by atoms with E-state index >= 15 is 0 Å². The van der Waals surface area contributed by atoms with Crippen molar-refractivity contribution in [3.8, 4) is 0 Å². The van der Waals surface area contributed by atoms with Gasteiger partial charge in [-0.25, -0.2) is 9.50 Å². The number of aromatic nitrogens is 3. The lowest BCUT2D eigenvalue weighted by Gasteiger charge is -2.03. The fourth-order valence-electron chi connectivity index (χ4n) is 1.75. The van der Waals surface area contributed by atoms with E-state index in [1.54, 1.807) is 4.52 Å². The van der Waals surface area contributed by atoms with Crippen LogP contribution in [0.4, 0.5) is 0 Å². The third kappa shape index (κ3) is 2.44. The molecule has 4 heteroatoms. The lowest BCUT2D eigenvalue weighted by Crippen LogP contribution is -1.96. The largest absolute Gasteiger partial charge is 0.212 e. The number of hydrogen-bond donors (Lipinski definition) is 0. The van der Waals surface area contributed by atoms with E-state index in [1.165, 1.54) is 0 Å². The van der Waals surface area contributed by atoms with Crippen molar-refractivity contribution in [3.63, 3.8) is 0 Å².